The van der Waals surface area contributed by atoms with E-state index >= 15 is 0 Å². The number of nitrogens with zero attached hydrogens (tertiary/aromatic N) is 1. The van der Waals surface area contributed by atoms with Crippen LogP contribution in [0.15, 0.2) is 35.3 Å². The lowest BCUT2D eigenvalue weighted by Gasteiger charge is -2.24. The van der Waals surface area contributed by atoms with E-state index in [9.17, 15) is 29.1 Å². The fourth-order valence-electron chi connectivity index (χ4n) is 3.14. The zero-order valence-electron chi connectivity index (χ0n) is 20.1. The van der Waals surface area contributed by atoms with Gasteiger partial charge in [-0.05, 0) is 18.4 Å². The summed E-state index contributed by atoms with van der Waals surface area (Å²) in [6.45, 7) is 0.158. The van der Waals surface area contributed by atoms with Crippen LogP contribution in [0, 0.1) is 0 Å². The van der Waals surface area contributed by atoms with Crippen LogP contribution in [-0.4, -0.2) is 77.1 Å². The normalized spacial score (nSPS) is 13.8. The number of hydrogen-bond donors (Lipinski definition) is 9. The van der Waals surface area contributed by atoms with Crippen LogP contribution in [-0.2, 0) is 30.4 Å². The highest BCUT2D eigenvalue weighted by Crippen LogP contribution is 2.06. The van der Waals surface area contributed by atoms with Crippen molar-refractivity contribution in [1.82, 2.24) is 16.0 Å². The predicted octanol–water partition coefficient (Wildman–Crippen LogP) is -3.05. The molecule has 0 saturated carbocycles. The molecule has 0 spiro atoms. The standard InChI is InChI=1S/C22H34N8O6S/c23-13(11-37)18(32)28-14(7-4-8-27-22(25)26)19(33)29-15(10-17(24)31)20(34)30-16(21(35)36)9-12-5-2-1-3-6-12/h1-3,5-6,13-16,37H,4,7-11,23H2,(H2,24,31)(H,28,32)(H,29,33)(H,30,34)(H,35,36)(H4,25,26,27). The molecule has 0 aromatic heterocycles. The Hall–Kier alpha value is -3.85. The number of guanidine groups is 1. The van der Waals surface area contributed by atoms with E-state index in [0.717, 1.165) is 0 Å². The monoisotopic (exact) mass is 538 g/mol. The first-order chi connectivity index (χ1) is 17.4. The lowest BCUT2D eigenvalue weighted by Crippen LogP contribution is -2.58. The maximum absolute atomic E-state index is 13.0. The molecule has 0 saturated heterocycles. The van der Waals surface area contributed by atoms with Crippen molar-refractivity contribution in [3.63, 3.8) is 0 Å². The van der Waals surface area contributed by atoms with E-state index in [1.54, 1.807) is 30.3 Å². The molecule has 0 radical (unpaired) electrons. The minimum atomic E-state index is -1.50. The van der Waals surface area contributed by atoms with Crippen LogP contribution in [0.2, 0.25) is 0 Å². The number of nitrogens with two attached hydrogens (primary N) is 4. The molecule has 0 aliphatic heterocycles. The molecule has 4 atom stereocenters. The summed E-state index contributed by atoms with van der Waals surface area (Å²) in [5.41, 5.74) is 22.1. The van der Waals surface area contributed by atoms with Gasteiger partial charge in [-0.25, -0.2) is 4.79 Å². The number of rotatable bonds is 16. The van der Waals surface area contributed by atoms with Crippen molar-refractivity contribution in [2.45, 2.75) is 49.9 Å². The van der Waals surface area contributed by atoms with Crippen LogP contribution in [0.25, 0.3) is 0 Å². The number of carboxylic acids is 1. The third kappa shape index (κ3) is 12.1. The highest BCUT2D eigenvalue weighted by atomic mass is 32.1. The van der Waals surface area contributed by atoms with E-state index in [2.05, 4.69) is 33.6 Å². The number of primary amides is 1. The minimum Gasteiger partial charge on any atom is -0.480 e. The second-order valence-corrected chi connectivity index (χ2v) is 8.48. The Morgan fingerprint density at radius 1 is 0.892 bits per heavy atom. The summed E-state index contributed by atoms with van der Waals surface area (Å²) in [6, 6.07) is 3.55. The smallest absolute Gasteiger partial charge is 0.326 e. The molecule has 0 bridgehead atoms. The summed E-state index contributed by atoms with van der Waals surface area (Å²) in [7, 11) is 0. The second-order valence-electron chi connectivity index (χ2n) is 8.12. The number of benzene rings is 1. The summed E-state index contributed by atoms with van der Waals surface area (Å²) < 4.78 is 0. The molecule has 0 aliphatic carbocycles. The van der Waals surface area contributed by atoms with Crippen molar-refractivity contribution in [3.8, 4) is 0 Å². The van der Waals surface area contributed by atoms with Gasteiger partial charge in [0.25, 0.3) is 0 Å². The van der Waals surface area contributed by atoms with Crippen LogP contribution >= 0.6 is 12.6 Å². The first-order valence-electron chi connectivity index (χ1n) is 11.3. The van der Waals surface area contributed by atoms with Gasteiger partial charge < -0.3 is 44.0 Å². The summed E-state index contributed by atoms with van der Waals surface area (Å²) in [5, 5.41) is 16.7. The molecular weight excluding hydrogens is 504 g/mol. The second kappa shape index (κ2) is 16.0. The number of amides is 4. The number of thiol groups is 1. The van der Waals surface area contributed by atoms with E-state index < -0.39 is 60.2 Å². The maximum Gasteiger partial charge on any atom is 0.326 e. The molecule has 0 heterocycles. The summed E-state index contributed by atoms with van der Waals surface area (Å²) in [4.78, 5) is 65.3. The van der Waals surface area contributed by atoms with Crippen molar-refractivity contribution >= 4 is 48.2 Å². The highest BCUT2D eigenvalue weighted by molar-refractivity contribution is 7.80. The SMILES string of the molecule is NC(=O)CC(NC(=O)C(CCCN=C(N)N)NC(=O)C(N)CS)C(=O)NC(Cc1ccccc1)C(=O)O. The van der Waals surface area contributed by atoms with Crippen LogP contribution in [0.3, 0.4) is 0 Å². The molecule has 0 aliphatic rings. The van der Waals surface area contributed by atoms with Gasteiger partial charge >= 0.3 is 5.97 Å². The van der Waals surface area contributed by atoms with Crippen LogP contribution in [0.1, 0.15) is 24.8 Å². The van der Waals surface area contributed by atoms with Gasteiger partial charge in [0.05, 0.1) is 12.5 Å². The molecule has 12 N–H and O–H groups in total. The fraction of sp³-hybridized carbons (Fsp3) is 0.455. The zero-order valence-corrected chi connectivity index (χ0v) is 21.0. The Morgan fingerprint density at radius 3 is 2.00 bits per heavy atom. The van der Waals surface area contributed by atoms with E-state index in [4.69, 9.17) is 22.9 Å². The number of hydrogen-bond acceptors (Lipinski definition) is 8. The third-order valence-electron chi connectivity index (χ3n) is 5.05. The third-order valence-corrected chi connectivity index (χ3v) is 5.44. The molecule has 204 valence electrons. The molecule has 1 rings (SSSR count). The van der Waals surface area contributed by atoms with Crippen LogP contribution in [0.5, 0.6) is 0 Å². The quantitative estimate of drug-likeness (QED) is 0.0447. The Labute approximate surface area is 219 Å². The van der Waals surface area contributed by atoms with E-state index in [1.807, 2.05) is 0 Å². The van der Waals surface area contributed by atoms with E-state index in [0.29, 0.717) is 5.56 Å². The summed E-state index contributed by atoms with van der Waals surface area (Å²) in [5.74, 6) is -4.79. The van der Waals surface area contributed by atoms with Gasteiger partial charge in [0.2, 0.25) is 23.6 Å². The first-order valence-corrected chi connectivity index (χ1v) is 12.0. The number of carbonyl (C=O) groups is 5. The predicted molar refractivity (Wildman–Crippen MR) is 139 cm³/mol. The lowest BCUT2D eigenvalue weighted by molar-refractivity contribution is -0.142. The molecular formula is C22H34N8O6S. The van der Waals surface area contributed by atoms with Crippen molar-refractivity contribution in [3.05, 3.63) is 35.9 Å². The topological polar surface area (TPSA) is 258 Å². The van der Waals surface area contributed by atoms with Gasteiger partial charge in [-0.1, -0.05) is 30.3 Å². The minimum absolute atomic E-state index is 0.0128. The van der Waals surface area contributed by atoms with E-state index in [1.165, 1.54) is 0 Å². The van der Waals surface area contributed by atoms with Crippen molar-refractivity contribution in [1.29, 1.82) is 0 Å². The number of aliphatic imine (C=N–C) groups is 1. The molecule has 14 nitrogen and oxygen atoms in total. The van der Waals surface area contributed by atoms with Crippen molar-refractivity contribution < 1.29 is 29.1 Å². The molecule has 1 aromatic rings. The number of nitrogens with one attached hydrogen (secondary N) is 3. The number of carbonyl (C=O) groups excluding carboxylic acids is 4. The first kappa shape index (κ1) is 31.2. The zero-order chi connectivity index (χ0) is 28.0. The Bertz CT molecular complexity index is 973. The van der Waals surface area contributed by atoms with Gasteiger partial charge in [-0.3, -0.25) is 24.2 Å². The van der Waals surface area contributed by atoms with Crippen molar-refractivity contribution in [2.75, 3.05) is 12.3 Å². The molecule has 0 fully saturated rings. The molecule has 15 heteroatoms. The van der Waals surface area contributed by atoms with Crippen LogP contribution < -0.4 is 38.9 Å². The Morgan fingerprint density at radius 2 is 1.46 bits per heavy atom. The van der Waals surface area contributed by atoms with Gasteiger partial charge in [0, 0.05) is 18.7 Å². The molecule has 1 aromatic carbocycles. The average Bonchev–Trinajstić information content (AvgIpc) is 2.84. The highest BCUT2D eigenvalue weighted by Gasteiger charge is 2.31. The fourth-order valence-corrected chi connectivity index (χ4v) is 3.30. The molecule has 37 heavy (non-hydrogen) atoms. The maximum atomic E-state index is 13.0. The van der Waals surface area contributed by atoms with Gasteiger partial charge in [-0.2, -0.15) is 12.6 Å². The summed E-state index contributed by atoms with van der Waals surface area (Å²) in [6.07, 6.45) is -0.314. The molecule has 4 amide bonds. The largest absolute Gasteiger partial charge is 0.480 e. The van der Waals surface area contributed by atoms with Crippen molar-refractivity contribution in [2.24, 2.45) is 27.9 Å². The average molecular weight is 539 g/mol. The Kier molecular flexibility index (Phi) is 13.5. The van der Waals surface area contributed by atoms with Crippen LogP contribution in [0.4, 0.5) is 0 Å². The Balaban J connectivity index is 3.02. The number of aliphatic carboxylic acids is 1. The van der Waals surface area contributed by atoms with Gasteiger partial charge in [0.1, 0.15) is 18.1 Å². The van der Waals surface area contributed by atoms with E-state index in [-0.39, 0.29) is 37.5 Å². The van der Waals surface area contributed by atoms with Gasteiger partial charge in [-0.15, -0.1) is 0 Å². The number of carboxylic acid groups (broad SMARTS) is 1. The lowest BCUT2D eigenvalue weighted by atomic mass is 10.0. The van der Waals surface area contributed by atoms with Gasteiger partial charge in [0.15, 0.2) is 5.96 Å². The summed E-state index contributed by atoms with van der Waals surface area (Å²) >= 11 is 3.96. The molecule has 4 unspecified atom stereocenters.